The fraction of sp³-hybridized carbons (Fsp3) is 0.500. The summed E-state index contributed by atoms with van der Waals surface area (Å²) in [5.41, 5.74) is 0.925. The lowest BCUT2D eigenvalue weighted by atomic mass is 10.1. The molecule has 2 fully saturated rings. The molecule has 5 nitrogen and oxygen atoms in total. The summed E-state index contributed by atoms with van der Waals surface area (Å²) in [4.78, 5) is 24.2. The lowest BCUT2D eigenvalue weighted by Crippen LogP contribution is -2.40. The van der Waals surface area contributed by atoms with Gasteiger partial charge in [-0.1, -0.05) is 12.1 Å². The number of rotatable bonds is 6. The van der Waals surface area contributed by atoms with Gasteiger partial charge in [-0.25, -0.2) is 4.39 Å². The van der Waals surface area contributed by atoms with E-state index >= 15 is 0 Å². The molecule has 1 amide bonds. The highest BCUT2D eigenvalue weighted by Gasteiger charge is 2.38. The van der Waals surface area contributed by atoms with Gasteiger partial charge in [0.25, 0.3) is 5.91 Å². The Hall–Kier alpha value is -1.44. The molecular weight excluding hydrogens is 319 g/mol. The van der Waals surface area contributed by atoms with Gasteiger partial charge in [0.05, 0.1) is 12.6 Å². The van der Waals surface area contributed by atoms with Crippen molar-refractivity contribution in [1.82, 2.24) is 9.62 Å². The van der Waals surface area contributed by atoms with Crippen molar-refractivity contribution in [1.29, 1.82) is 0 Å². The van der Waals surface area contributed by atoms with Gasteiger partial charge in [-0.3, -0.25) is 13.9 Å². The van der Waals surface area contributed by atoms with Crippen LogP contribution in [-0.4, -0.2) is 53.4 Å². The number of thiol groups is 1. The van der Waals surface area contributed by atoms with E-state index in [9.17, 15) is 14.0 Å². The average Bonchev–Trinajstić information content (AvgIpc) is 3.31. The highest BCUT2D eigenvalue weighted by atomic mass is 32.2. The Morgan fingerprint density at radius 1 is 1.52 bits per heavy atom. The molecule has 0 aliphatic carbocycles. The van der Waals surface area contributed by atoms with Crippen LogP contribution < -0.4 is 5.32 Å². The first-order valence-corrected chi connectivity index (χ1v) is 9.21. The molecule has 1 aromatic carbocycles. The Balaban J connectivity index is 1.50. The van der Waals surface area contributed by atoms with E-state index in [4.69, 9.17) is 4.74 Å². The number of likely N-dealkylation sites (N-methyl/N-ethyl adjacent to an activating group) is 1. The van der Waals surface area contributed by atoms with E-state index in [2.05, 4.69) is 9.62 Å². The van der Waals surface area contributed by atoms with Crippen molar-refractivity contribution >= 4 is 22.1 Å². The topological polar surface area (TPSA) is 61.9 Å². The maximum absolute atomic E-state index is 13.2. The van der Waals surface area contributed by atoms with Crippen LogP contribution in [0.15, 0.2) is 24.3 Å². The van der Waals surface area contributed by atoms with E-state index in [0.717, 1.165) is 11.3 Å². The number of carbonyl (C=O) groups is 2. The van der Waals surface area contributed by atoms with Crippen LogP contribution >= 0.6 is 11.1 Å². The summed E-state index contributed by atoms with van der Waals surface area (Å²) in [5, 5.41) is 2.90. The van der Waals surface area contributed by atoms with Crippen molar-refractivity contribution in [2.24, 2.45) is 0 Å². The molecule has 3 atom stereocenters. The van der Waals surface area contributed by atoms with E-state index in [1.165, 1.54) is 12.1 Å². The summed E-state index contributed by atoms with van der Waals surface area (Å²) >= 11 is -0.895. The van der Waals surface area contributed by atoms with Crippen LogP contribution in [0.25, 0.3) is 0 Å². The van der Waals surface area contributed by atoms with Gasteiger partial charge >= 0.3 is 0 Å². The number of hydrogen-bond acceptors (Lipinski definition) is 4. The second-order valence-electron chi connectivity index (χ2n) is 5.89. The number of carbonyl (C=O) groups excluding carboxylic acids is 2. The predicted octanol–water partition coefficient (Wildman–Crippen LogP) is 1.03. The molecule has 2 saturated heterocycles. The standard InChI is InChI=1S/C16H21FN2O3S/c1-19(7-5-11-3-2-4-12(17)9-11)23-8-6-13(16(23)21)18-15(20)14-10-22-14/h2-4,9,13-14,23H,5-8,10H2,1H3,(H,18,20)/t13-,14-/m0/s1. The maximum Gasteiger partial charge on any atom is 0.252 e. The summed E-state index contributed by atoms with van der Waals surface area (Å²) in [6, 6.07) is 6.15. The van der Waals surface area contributed by atoms with E-state index in [1.54, 1.807) is 6.07 Å². The summed E-state index contributed by atoms with van der Waals surface area (Å²) in [7, 11) is 1.93. The molecule has 0 saturated carbocycles. The van der Waals surface area contributed by atoms with Crippen molar-refractivity contribution < 1.29 is 18.7 Å². The van der Waals surface area contributed by atoms with Crippen LogP contribution in [0.5, 0.6) is 0 Å². The predicted molar refractivity (Wildman–Crippen MR) is 87.9 cm³/mol. The van der Waals surface area contributed by atoms with Gasteiger partial charge < -0.3 is 10.1 Å². The van der Waals surface area contributed by atoms with Gasteiger partial charge in [-0.15, -0.1) is 11.1 Å². The van der Waals surface area contributed by atoms with E-state index in [0.29, 0.717) is 26.0 Å². The molecule has 7 heteroatoms. The Bertz CT molecular complexity index is 609. The number of epoxide rings is 1. The number of hydrogen-bond donors (Lipinski definition) is 2. The lowest BCUT2D eigenvalue weighted by molar-refractivity contribution is -0.125. The van der Waals surface area contributed by atoms with Crippen molar-refractivity contribution in [3.05, 3.63) is 35.6 Å². The molecular formula is C16H21FN2O3S. The third-order valence-electron chi connectivity index (χ3n) is 4.15. The van der Waals surface area contributed by atoms with Crippen molar-refractivity contribution in [2.45, 2.75) is 25.0 Å². The summed E-state index contributed by atoms with van der Waals surface area (Å²) < 4.78 is 20.2. The normalized spacial score (nSPS) is 28.1. The molecule has 1 N–H and O–H groups in total. The molecule has 0 radical (unpaired) electrons. The molecule has 2 aliphatic rings. The molecule has 23 heavy (non-hydrogen) atoms. The quantitative estimate of drug-likeness (QED) is 0.600. The van der Waals surface area contributed by atoms with Crippen LogP contribution in [0.4, 0.5) is 4.39 Å². The first-order valence-electron chi connectivity index (χ1n) is 7.73. The second-order valence-corrected chi connectivity index (χ2v) is 8.26. The average molecular weight is 340 g/mol. The molecule has 0 bridgehead atoms. The molecule has 2 heterocycles. The van der Waals surface area contributed by atoms with E-state index < -0.39 is 11.1 Å². The smallest absolute Gasteiger partial charge is 0.252 e. The maximum atomic E-state index is 13.2. The Kier molecular flexibility index (Phi) is 4.99. The van der Waals surface area contributed by atoms with Gasteiger partial charge in [0, 0.05) is 6.54 Å². The Morgan fingerprint density at radius 3 is 3.00 bits per heavy atom. The zero-order valence-corrected chi connectivity index (χ0v) is 13.9. The molecule has 0 spiro atoms. The number of nitrogens with zero attached hydrogens (tertiary/aromatic N) is 1. The van der Waals surface area contributed by atoms with Crippen LogP contribution in [0, 0.1) is 5.82 Å². The minimum Gasteiger partial charge on any atom is -0.363 e. The zero-order chi connectivity index (χ0) is 16.4. The third kappa shape index (κ3) is 4.10. The van der Waals surface area contributed by atoms with Crippen LogP contribution in [0.3, 0.4) is 0 Å². The summed E-state index contributed by atoms with van der Waals surface area (Å²) in [6.45, 7) is 1.16. The first-order chi connectivity index (χ1) is 11.0. The minimum atomic E-state index is -0.895. The minimum absolute atomic E-state index is 0.121. The van der Waals surface area contributed by atoms with E-state index in [-0.39, 0.29) is 29.0 Å². The molecule has 1 aromatic rings. The lowest BCUT2D eigenvalue weighted by Gasteiger charge is -2.26. The van der Waals surface area contributed by atoms with Crippen LogP contribution in [0.1, 0.15) is 12.0 Å². The highest BCUT2D eigenvalue weighted by molar-refractivity contribution is 8.28. The number of ether oxygens (including phenoxy) is 1. The third-order valence-corrected chi connectivity index (χ3v) is 6.68. The fourth-order valence-electron chi connectivity index (χ4n) is 2.71. The van der Waals surface area contributed by atoms with Crippen molar-refractivity contribution in [2.75, 3.05) is 26.0 Å². The molecule has 3 rings (SSSR count). The first kappa shape index (κ1) is 16.4. The van der Waals surface area contributed by atoms with E-state index in [1.807, 2.05) is 13.1 Å². The molecule has 2 aliphatic heterocycles. The Labute approximate surface area is 137 Å². The number of benzene rings is 1. The Morgan fingerprint density at radius 2 is 2.30 bits per heavy atom. The van der Waals surface area contributed by atoms with Crippen LogP contribution in [-0.2, 0) is 20.7 Å². The van der Waals surface area contributed by atoms with Gasteiger partial charge in [0.1, 0.15) is 5.82 Å². The highest BCUT2D eigenvalue weighted by Crippen LogP contribution is 2.39. The van der Waals surface area contributed by atoms with Gasteiger partial charge in [0.2, 0.25) is 5.12 Å². The summed E-state index contributed by atoms with van der Waals surface area (Å²) in [5.74, 6) is 0.380. The van der Waals surface area contributed by atoms with Crippen LogP contribution in [0.2, 0.25) is 0 Å². The van der Waals surface area contributed by atoms with Crippen molar-refractivity contribution in [3.63, 3.8) is 0 Å². The van der Waals surface area contributed by atoms with Crippen molar-refractivity contribution in [3.8, 4) is 0 Å². The van der Waals surface area contributed by atoms with Gasteiger partial charge in [0.15, 0.2) is 6.10 Å². The number of amides is 1. The monoisotopic (exact) mass is 340 g/mol. The van der Waals surface area contributed by atoms with Gasteiger partial charge in [-0.2, -0.15) is 0 Å². The second kappa shape index (κ2) is 6.98. The molecule has 126 valence electrons. The SMILES string of the molecule is CN(CCc1cccc(F)c1)[SH]1CC[C@H](NC(=O)[C@@H]2CO2)C1=O. The van der Waals surface area contributed by atoms with Gasteiger partial charge in [-0.05, 0) is 43.3 Å². The largest absolute Gasteiger partial charge is 0.363 e. The molecule has 1 unspecified atom stereocenters. The summed E-state index contributed by atoms with van der Waals surface area (Å²) in [6.07, 6.45) is 1.03. The number of halogens is 1. The molecule has 0 aromatic heterocycles. The number of nitrogens with one attached hydrogen (secondary N) is 1. The fourth-order valence-corrected chi connectivity index (χ4v) is 5.00. The zero-order valence-electron chi connectivity index (χ0n) is 13.0.